The van der Waals surface area contributed by atoms with Crippen molar-refractivity contribution in [3.8, 4) is 0 Å². The summed E-state index contributed by atoms with van der Waals surface area (Å²) in [6, 6.07) is 0. The summed E-state index contributed by atoms with van der Waals surface area (Å²) in [6.07, 6.45) is 1.06. The Hall–Kier alpha value is -0.530. The fourth-order valence-corrected chi connectivity index (χ4v) is 1.01. The van der Waals surface area contributed by atoms with Gasteiger partial charge in [-0.1, -0.05) is 6.92 Å². The highest BCUT2D eigenvalue weighted by Gasteiger charge is 1.97. The first-order valence-corrected chi connectivity index (χ1v) is 5.87. The van der Waals surface area contributed by atoms with E-state index in [1.165, 1.54) is 0 Å². The zero-order valence-corrected chi connectivity index (χ0v) is 10.5. The van der Waals surface area contributed by atoms with Gasteiger partial charge in [-0.05, 0) is 0 Å². The number of ether oxygens (including phenoxy) is 3. The molecule has 0 atom stereocenters. The van der Waals surface area contributed by atoms with E-state index >= 15 is 0 Å². The minimum atomic E-state index is 0.224. The van der Waals surface area contributed by atoms with Crippen molar-refractivity contribution < 1.29 is 23.8 Å². The topological polar surface area (TPSA) is 80.0 Å². The van der Waals surface area contributed by atoms with Crippen LogP contribution in [0.5, 0.6) is 0 Å². The number of carbonyl (C=O) groups is 1. The number of carbonyl (C=O) groups excluding carboxylic acids is 1. The maximum atomic E-state index is 10.9. The van der Waals surface area contributed by atoms with Crippen LogP contribution < -0.4 is 5.90 Å². The SMILES string of the molecule is CCC(=O)CCOCCOCCOCCON. The molecule has 0 heterocycles. The van der Waals surface area contributed by atoms with E-state index in [1.807, 2.05) is 6.92 Å². The lowest BCUT2D eigenvalue weighted by Gasteiger charge is -2.06. The van der Waals surface area contributed by atoms with Gasteiger partial charge >= 0.3 is 0 Å². The zero-order valence-electron chi connectivity index (χ0n) is 10.5. The van der Waals surface area contributed by atoms with E-state index in [0.717, 1.165) is 0 Å². The average Bonchev–Trinajstić information content (AvgIpc) is 2.35. The molecule has 6 nitrogen and oxygen atoms in total. The average molecular weight is 249 g/mol. The molecule has 0 aromatic heterocycles. The van der Waals surface area contributed by atoms with Gasteiger partial charge in [-0.15, -0.1) is 0 Å². The normalized spacial score (nSPS) is 10.7. The fourth-order valence-electron chi connectivity index (χ4n) is 1.01. The van der Waals surface area contributed by atoms with Crippen LogP contribution >= 0.6 is 0 Å². The van der Waals surface area contributed by atoms with Crippen molar-refractivity contribution in [3.63, 3.8) is 0 Å². The molecule has 0 radical (unpaired) electrons. The molecule has 6 heteroatoms. The smallest absolute Gasteiger partial charge is 0.134 e. The van der Waals surface area contributed by atoms with Crippen LogP contribution in [0.15, 0.2) is 0 Å². The maximum Gasteiger partial charge on any atom is 0.134 e. The number of nitrogens with two attached hydrogens (primary N) is 1. The summed E-state index contributed by atoms with van der Waals surface area (Å²) < 4.78 is 15.6. The molecule has 0 aromatic carbocycles. The van der Waals surface area contributed by atoms with E-state index < -0.39 is 0 Å². The first-order valence-electron chi connectivity index (χ1n) is 5.87. The number of ketones is 1. The number of hydrogen-bond acceptors (Lipinski definition) is 6. The lowest BCUT2D eigenvalue weighted by Crippen LogP contribution is -2.13. The van der Waals surface area contributed by atoms with E-state index in [4.69, 9.17) is 20.1 Å². The van der Waals surface area contributed by atoms with Crippen LogP contribution in [0.25, 0.3) is 0 Å². The van der Waals surface area contributed by atoms with Gasteiger partial charge in [0.1, 0.15) is 5.78 Å². The number of hydrogen-bond donors (Lipinski definition) is 1. The number of Topliss-reactive ketones (excluding diaryl/α,β-unsaturated/α-hetero) is 1. The quantitative estimate of drug-likeness (QED) is 0.373. The van der Waals surface area contributed by atoms with Crippen molar-refractivity contribution in [2.75, 3.05) is 46.2 Å². The standard InChI is InChI=1S/C11H23NO5/c1-2-11(13)3-4-14-5-6-15-7-8-16-9-10-17-12/h2-10,12H2,1H3. The molecule has 0 amide bonds. The molecule has 17 heavy (non-hydrogen) atoms. The highest BCUT2D eigenvalue weighted by atomic mass is 16.6. The van der Waals surface area contributed by atoms with Crippen molar-refractivity contribution in [1.82, 2.24) is 0 Å². The van der Waals surface area contributed by atoms with Gasteiger partial charge in [0.15, 0.2) is 0 Å². The molecule has 0 aliphatic rings. The molecule has 0 aliphatic heterocycles. The summed E-state index contributed by atoms with van der Waals surface area (Å²) in [5, 5.41) is 0. The molecule has 0 saturated carbocycles. The van der Waals surface area contributed by atoms with Crippen LogP contribution in [-0.2, 0) is 23.8 Å². The lowest BCUT2D eigenvalue weighted by atomic mass is 10.2. The molecule has 0 bridgehead atoms. The zero-order chi connectivity index (χ0) is 12.8. The highest BCUT2D eigenvalue weighted by molar-refractivity contribution is 5.78. The molecule has 0 rings (SSSR count). The summed E-state index contributed by atoms with van der Waals surface area (Å²) in [4.78, 5) is 15.3. The van der Waals surface area contributed by atoms with Crippen molar-refractivity contribution in [1.29, 1.82) is 0 Å². The van der Waals surface area contributed by atoms with E-state index in [0.29, 0.717) is 59.1 Å². The predicted molar refractivity (Wildman–Crippen MR) is 62.5 cm³/mol. The third kappa shape index (κ3) is 13.4. The van der Waals surface area contributed by atoms with Gasteiger partial charge in [-0.3, -0.25) is 4.79 Å². The maximum absolute atomic E-state index is 10.9. The second-order valence-corrected chi connectivity index (χ2v) is 3.35. The van der Waals surface area contributed by atoms with Gasteiger partial charge < -0.3 is 19.0 Å². The summed E-state index contributed by atoms with van der Waals surface area (Å²) in [6.45, 7) is 5.21. The summed E-state index contributed by atoms with van der Waals surface area (Å²) >= 11 is 0. The van der Waals surface area contributed by atoms with Crippen molar-refractivity contribution >= 4 is 5.78 Å². The van der Waals surface area contributed by atoms with E-state index in [1.54, 1.807) is 0 Å². The van der Waals surface area contributed by atoms with Crippen molar-refractivity contribution in [2.24, 2.45) is 5.90 Å². The summed E-state index contributed by atoms with van der Waals surface area (Å²) in [5.74, 6) is 5.04. The van der Waals surface area contributed by atoms with Crippen LogP contribution in [0.1, 0.15) is 19.8 Å². The monoisotopic (exact) mass is 249 g/mol. The van der Waals surface area contributed by atoms with E-state index in [-0.39, 0.29) is 5.78 Å². The van der Waals surface area contributed by atoms with Gasteiger partial charge in [0.2, 0.25) is 0 Å². The molecule has 0 aliphatic carbocycles. The van der Waals surface area contributed by atoms with E-state index in [9.17, 15) is 4.79 Å². The summed E-state index contributed by atoms with van der Waals surface area (Å²) in [7, 11) is 0. The Bertz CT molecular complexity index is 177. The van der Waals surface area contributed by atoms with Gasteiger partial charge in [0.25, 0.3) is 0 Å². The predicted octanol–water partition coefficient (Wildman–Crippen LogP) is 0.296. The Balaban J connectivity index is 2.96. The number of rotatable bonds is 13. The molecular formula is C11H23NO5. The molecule has 0 aromatic rings. The summed E-state index contributed by atoms with van der Waals surface area (Å²) in [5.41, 5.74) is 0. The third-order valence-corrected chi connectivity index (χ3v) is 2.01. The first kappa shape index (κ1) is 16.5. The van der Waals surface area contributed by atoms with Gasteiger partial charge in [-0.25, -0.2) is 5.90 Å². The molecular weight excluding hydrogens is 226 g/mol. The minimum Gasteiger partial charge on any atom is -0.379 e. The minimum absolute atomic E-state index is 0.224. The van der Waals surface area contributed by atoms with Gasteiger partial charge in [0.05, 0.1) is 46.2 Å². The molecule has 0 fully saturated rings. The Labute approximate surface area is 102 Å². The fraction of sp³-hybridized carbons (Fsp3) is 0.909. The Kier molecular flexibility index (Phi) is 13.1. The molecule has 102 valence electrons. The third-order valence-electron chi connectivity index (χ3n) is 2.01. The van der Waals surface area contributed by atoms with E-state index in [2.05, 4.69) is 4.84 Å². The van der Waals surface area contributed by atoms with Crippen molar-refractivity contribution in [3.05, 3.63) is 0 Å². The molecule has 2 N–H and O–H groups in total. The van der Waals surface area contributed by atoms with Gasteiger partial charge in [-0.2, -0.15) is 0 Å². The van der Waals surface area contributed by atoms with Crippen LogP contribution in [0.2, 0.25) is 0 Å². The second-order valence-electron chi connectivity index (χ2n) is 3.35. The lowest BCUT2D eigenvalue weighted by molar-refractivity contribution is -0.120. The van der Waals surface area contributed by atoms with Crippen LogP contribution in [0.4, 0.5) is 0 Å². The van der Waals surface area contributed by atoms with Crippen LogP contribution in [-0.4, -0.2) is 52.0 Å². The highest BCUT2D eigenvalue weighted by Crippen LogP contribution is 1.90. The largest absolute Gasteiger partial charge is 0.379 e. The molecule has 0 spiro atoms. The Morgan fingerprint density at radius 1 is 0.882 bits per heavy atom. The Morgan fingerprint density at radius 3 is 1.82 bits per heavy atom. The molecule has 0 saturated heterocycles. The van der Waals surface area contributed by atoms with Crippen molar-refractivity contribution in [2.45, 2.75) is 19.8 Å². The second kappa shape index (κ2) is 13.5. The van der Waals surface area contributed by atoms with Gasteiger partial charge in [0, 0.05) is 12.8 Å². The molecule has 0 unspecified atom stereocenters. The van der Waals surface area contributed by atoms with Crippen LogP contribution in [0.3, 0.4) is 0 Å². The first-order chi connectivity index (χ1) is 8.31. The van der Waals surface area contributed by atoms with Crippen LogP contribution in [0, 0.1) is 0 Å². The Morgan fingerprint density at radius 2 is 1.35 bits per heavy atom.